The summed E-state index contributed by atoms with van der Waals surface area (Å²) in [6.07, 6.45) is -2.60. The molecule has 5 heteroatoms. The third-order valence-electron chi connectivity index (χ3n) is 1.83. The van der Waals surface area contributed by atoms with Gasteiger partial charge in [0.1, 0.15) is 11.6 Å². The lowest BCUT2D eigenvalue weighted by Gasteiger charge is -2.08. The average Bonchev–Trinajstić information content (AvgIpc) is 2.12. The molecule has 0 fully saturated rings. The Labute approximate surface area is 79.2 Å². The number of aryl methyl sites for hydroxylation is 1. The first kappa shape index (κ1) is 10.4. The first-order valence-electron chi connectivity index (χ1n) is 3.95. The van der Waals surface area contributed by atoms with E-state index in [2.05, 4.69) is 0 Å². The van der Waals surface area contributed by atoms with Gasteiger partial charge in [-0.2, -0.15) is 5.26 Å². The second kappa shape index (κ2) is 4.01. The standard InChI is InChI=1S/C9H8F2N2O/c1-6-2-3-7(4-12)9(14)13(6)5-8(10)11/h2-3,8H,5H2,1H3. The minimum Gasteiger partial charge on any atom is -0.306 e. The molecule has 0 bridgehead atoms. The van der Waals surface area contributed by atoms with Crippen molar-refractivity contribution in [2.45, 2.75) is 19.9 Å². The van der Waals surface area contributed by atoms with Gasteiger partial charge in [0, 0.05) is 5.69 Å². The van der Waals surface area contributed by atoms with Crippen molar-refractivity contribution >= 4 is 0 Å². The zero-order valence-corrected chi connectivity index (χ0v) is 7.50. The van der Waals surface area contributed by atoms with Crippen LogP contribution in [0.2, 0.25) is 0 Å². The largest absolute Gasteiger partial charge is 0.306 e. The van der Waals surface area contributed by atoms with E-state index in [9.17, 15) is 13.6 Å². The molecule has 0 unspecified atom stereocenters. The first-order valence-corrected chi connectivity index (χ1v) is 3.95. The smallest absolute Gasteiger partial charge is 0.268 e. The van der Waals surface area contributed by atoms with Gasteiger partial charge in [0.15, 0.2) is 0 Å². The summed E-state index contributed by atoms with van der Waals surface area (Å²) in [5.74, 6) is 0. The van der Waals surface area contributed by atoms with Crippen LogP contribution in [0.3, 0.4) is 0 Å². The van der Waals surface area contributed by atoms with Gasteiger partial charge in [-0.05, 0) is 19.1 Å². The van der Waals surface area contributed by atoms with Crippen molar-refractivity contribution in [1.29, 1.82) is 5.26 Å². The lowest BCUT2D eigenvalue weighted by atomic mass is 10.2. The number of hydrogen-bond acceptors (Lipinski definition) is 2. The average molecular weight is 198 g/mol. The summed E-state index contributed by atoms with van der Waals surface area (Å²) in [4.78, 5) is 11.4. The summed E-state index contributed by atoms with van der Waals surface area (Å²) in [5.41, 5.74) is -0.349. The Morgan fingerprint density at radius 3 is 2.71 bits per heavy atom. The maximum atomic E-state index is 12.1. The van der Waals surface area contributed by atoms with Crippen LogP contribution in [0.25, 0.3) is 0 Å². The van der Waals surface area contributed by atoms with E-state index >= 15 is 0 Å². The molecule has 14 heavy (non-hydrogen) atoms. The molecule has 0 amide bonds. The maximum Gasteiger partial charge on any atom is 0.268 e. The molecule has 0 aliphatic carbocycles. The minimum atomic E-state index is -2.60. The molecule has 1 aromatic rings. The molecule has 0 aliphatic rings. The van der Waals surface area contributed by atoms with Crippen molar-refractivity contribution in [2.75, 3.05) is 0 Å². The van der Waals surface area contributed by atoms with Gasteiger partial charge in [-0.1, -0.05) is 0 Å². The predicted molar refractivity (Wildman–Crippen MR) is 46.2 cm³/mol. The van der Waals surface area contributed by atoms with E-state index in [1.54, 1.807) is 13.0 Å². The molecule has 0 radical (unpaired) electrons. The lowest BCUT2D eigenvalue weighted by Crippen LogP contribution is -2.27. The number of hydrogen-bond donors (Lipinski definition) is 0. The van der Waals surface area contributed by atoms with Crippen LogP contribution in [0, 0.1) is 18.3 Å². The number of nitriles is 1. The zero-order valence-electron chi connectivity index (χ0n) is 7.50. The number of alkyl halides is 2. The molecule has 1 heterocycles. The van der Waals surface area contributed by atoms with Gasteiger partial charge in [0.25, 0.3) is 12.0 Å². The minimum absolute atomic E-state index is 0.115. The predicted octanol–water partition coefficient (Wildman–Crippen LogP) is 1.29. The van der Waals surface area contributed by atoms with E-state index in [-0.39, 0.29) is 5.56 Å². The molecule has 1 aromatic heterocycles. The van der Waals surface area contributed by atoms with Crippen LogP contribution in [0.5, 0.6) is 0 Å². The van der Waals surface area contributed by atoms with Crippen molar-refractivity contribution in [1.82, 2.24) is 4.57 Å². The highest BCUT2D eigenvalue weighted by Crippen LogP contribution is 2.02. The molecule has 0 spiro atoms. The van der Waals surface area contributed by atoms with Crippen molar-refractivity contribution in [3.63, 3.8) is 0 Å². The van der Waals surface area contributed by atoms with Crippen molar-refractivity contribution in [2.24, 2.45) is 0 Å². The highest BCUT2D eigenvalue weighted by Gasteiger charge is 2.10. The van der Waals surface area contributed by atoms with Crippen molar-refractivity contribution in [3.8, 4) is 6.07 Å². The second-order valence-electron chi connectivity index (χ2n) is 2.81. The molecule has 0 N–H and O–H groups in total. The van der Waals surface area contributed by atoms with Crippen molar-refractivity contribution in [3.05, 3.63) is 33.7 Å². The molecular formula is C9H8F2N2O. The van der Waals surface area contributed by atoms with E-state index in [1.807, 2.05) is 0 Å². The summed E-state index contributed by atoms with van der Waals surface area (Å²) < 4.78 is 25.1. The van der Waals surface area contributed by atoms with Gasteiger partial charge in [-0.25, -0.2) is 8.78 Å². The maximum absolute atomic E-state index is 12.1. The van der Waals surface area contributed by atoms with E-state index in [0.717, 1.165) is 4.57 Å². The Morgan fingerprint density at radius 2 is 2.21 bits per heavy atom. The summed E-state index contributed by atoms with van der Waals surface area (Å²) in [5, 5.41) is 8.52. The molecule has 0 aromatic carbocycles. The summed E-state index contributed by atoms with van der Waals surface area (Å²) in [6, 6.07) is 4.47. The van der Waals surface area contributed by atoms with Crippen LogP contribution in [0.4, 0.5) is 8.78 Å². The van der Waals surface area contributed by atoms with Gasteiger partial charge >= 0.3 is 0 Å². The number of rotatable bonds is 2. The van der Waals surface area contributed by atoms with Gasteiger partial charge in [0.05, 0.1) is 6.54 Å². The van der Waals surface area contributed by atoms with Gasteiger partial charge < -0.3 is 4.57 Å². The number of pyridine rings is 1. The number of nitrogens with zero attached hydrogens (tertiary/aromatic N) is 2. The molecule has 0 saturated carbocycles. The monoisotopic (exact) mass is 198 g/mol. The highest BCUT2D eigenvalue weighted by atomic mass is 19.3. The normalized spacial score (nSPS) is 10.2. The van der Waals surface area contributed by atoms with Crippen LogP contribution in [0.1, 0.15) is 11.3 Å². The Balaban J connectivity index is 3.28. The topological polar surface area (TPSA) is 45.8 Å². The Kier molecular flexibility index (Phi) is 2.97. The van der Waals surface area contributed by atoms with Crippen LogP contribution in [-0.2, 0) is 6.54 Å². The molecule has 0 atom stereocenters. The lowest BCUT2D eigenvalue weighted by molar-refractivity contribution is 0.124. The Hall–Kier alpha value is -1.70. The van der Waals surface area contributed by atoms with E-state index < -0.39 is 18.5 Å². The van der Waals surface area contributed by atoms with Gasteiger partial charge in [-0.3, -0.25) is 4.79 Å². The van der Waals surface area contributed by atoms with Crippen LogP contribution >= 0.6 is 0 Å². The number of halogens is 2. The van der Waals surface area contributed by atoms with Gasteiger partial charge in [-0.15, -0.1) is 0 Å². The second-order valence-corrected chi connectivity index (χ2v) is 2.81. The first-order chi connectivity index (χ1) is 6.56. The van der Waals surface area contributed by atoms with Crippen LogP contribution < -0.4 is 5.56 Å². The third-order valence-corrected chi connectivity index (χ3v) is 1.83. The van der Waals surface area contributed by atoms with Crippen LogP contribution in [-0.4, -0.2) is 11.0 Å². The zero-order chi connectivity index (χ0) is 10.7. The van der Waals surface area contributed by atoms with E-state index in [4.69, 9.17) is 5.26 Å². The molecular weight excluding hydrogens is 190 g/mol. The fourth-order valence-corrected chi connectivity index (χ4v) is 1.12. The fourth-order valence-electron chi connectivity index (χ4n) is 1.12. The molecule has 1 rings (SSSR count). The third kappa shape index (κ3) is 1.96. The Morgan fingerprint density at radius 1 is 1.57 bits per heavy atom. The molecule has 3 nitrogen and oxygen atoms in total. The van der Waals surface area contributed by atoms with Gasteiger partial charge in [0.2, 0.25) is 0 Å². The van der Waals surface area contributed by atoms with E-state index in [1.165, 1.54) is 12.1 Å². The summed E-state index contributed by atoms with van der Waals surface area (Å²) in [6.45, 7) is 0.880. The quantitative estimate of drug-likeness (QED) is 0.718. The highest BCUT2D eigenvalue weighted by molar-refractivity contribution is 5.27. The Bertz CT molecular complexity index is 431. The van der Waals surface area contributed by atoms with Crippen LogP contribution in [0.15, 0.2) is 16.9 Å². The number of aromatic nitrogens is 1. The fraction of sp³-hybridized carbons (Fsp3) is 0.333. The summed E-state index contributed by atoms with van der Waals surface area (Å²) in [7, 11) is 0. The van der Waals surface area contributed by atoms with E-state index in [0.29, 0.717) is 5.69 Å². The summed E-state index contributed by atoms with van der Waals surface area (Å²) >= 11 is 0. The SMILES string of the molecule is Cc1ccc(C#N)c(=O)n1CC(F)F. The molecule has 74 valence electrons. The van der Waals surface area contributed by atoms with Crippen molar-refractivity contribution < 1.29 is 8.78 Å². The molecule has 0 aliphatic heterocycles. The molecule has 0 saturated heterocycles.